The van der Waals surface area contributed by atoms with Crippen LogP contribution in [0.15, 0.2) is 24.3 Å². The molecule has 1 aromatic rings. The van der Waals surface area contributed by atoms with E-state index >= 15 is 0 Å². The lowest BCUT2D eigenvalue weighted by Gasteiger charge is -2.27. The van der Waals surface area contributed by atoms with Crippen molar-refractivity contribution < 1.29 is 14.3 Å². The Bertz CT molecular complexity index is 480. The number of ether oxygens (including phenoxy) is 1. The fourth-order valence-corrected chi connectivity index (χ4v) is 2.49. The zero-order chi connectivity index (χ0) is 12.0. The van der Waals surface area contributed by atoms with E-state index in [1.807, 2.05) is 12.1 Å². The minimum absolute atomic E-state index is 0.0363. The highest BCUT2D eigenvalue weighted by Crippen LogP contribution is 2.33. The number of carbonyl (C=O) groups excluding carboxylic acids is 2. The minimum Gasteiger partial charge on any atom is -0.366 e. The summed E-state index contributed by atoms with van der Waals surface area (Å²) in [6.45, 7) is 2.15. The third kappa shape index (κ3) is 1.56. The number of anilines is 1. The van der Waals surface area contributed by atoms with Crippen LogP contribution in [0.3, 0.4) is 0 Å². The van der Waals surface area contributed by atoms with Gasteiger partial charge in [0.05, 0.1) is 12.6 Å². The van der Waals surface area contributed by atoms with Crippen LogP contribution in [0.25, 0.3) is 0 Å². The Morgan fingerprint density at radius 2 is 2.06 bits per heavy atom. The van der Waals surface area contributed by atoms with Crippen LogP contribution >= 0.6 is 0 Å². The van der Waals surface area contributed by atoms with E-state index in [9.17, 15) is 9.59 Å². The molecule has 2 aliphatic heterocycles. The van der Waals surface area contributed by atoms with Crippen molar-refractivity contribution in [1.29, 1.82) is 0 Å². The molecule has 2 bridgehead atoms. The van der Waals surface area contributed by atoms with E-state index in [1.54, 1.807) is 17.0 Å². The van der Waals surface area contributed by atoms with Crippen molar-refractivity contribution in [3.8, 4) is 0 Å². The van der Waals surface area contributed by atoms with Crippen LogP contribution in [-0.4, -0.2) is 30.4 Å². The number of nitrogens with zero attached hydrogens (tertiary/aromatic N) is 1. The van der Waals surface area contributed by atoms with Gasteiger partial charge in [0, 0.05) is 17.7 Å². The first kappa shape index (κ1) is 10.5. The minimum atomic E-state index is -0.257. The maximum atomic E-state index is 11.9. The molecule has 2 atom stereocenters. The molecule has 88 valence electrons. The van der Waals surface area contributed by atoms with Gasteiger partial charge in [0.1, 0.15) is 6.10 Å². The normalized spacial score (nSPS) is 26.6. The summed E-state index contributed by atoms with van der Waals surface area (Å²) in [5, 5.41) is 0. The first-order valence-corrected chi connectivity index (χ1v) is 5.72. The highest BCUT2D eigenvalue weighted by molar-refractivity contribution is 6.01. The van der Waals surface area contributed by atoms with E-state index in [2.05, 4.69) is 0 Å². The van der Waals surface area contributed by atoms with Gasteiger partial charge in [0.15, 0.2) is 5.78 Å². The van der Waals surface area contributed by atoms with Crippen molar-refractivity contribution >= 4 is 17.4 Å². The standard InChI is InChI=1S/C13H13NO3/c1-8(15)9-2-4-10(5-3-9)14-11-6-12(13(14)16)17-7-11/h2-5,11-12H,6-7H2,1H3. The van der Waals surface area contributed by atoms with Crippen molar-refractivity contribution in [2.24, 2.45) is 0 Å². The molecule has 4 nitrogen and oxygen atoms in total. The SMILES string of the molecule is CC(=O)c1ccc(N2C(=O)C3CC2CO3)cc1. The molecular formula is C13H13NO3. The van der Waals surface area contributed by atoms with Crippen LogP contribution in [0.5, 0.6) is 0 Å². The maximum absolute atomic E-state index is 11.9. The predicted molar refractivity (Wildman–Crippen MR) is 62.1 cm³/mol. The Morgan fingerprint density at radius 1 is 1.35 bits per heavy atom. The highest BCUT2D eigenvalue weighted by atomic mass is 16.5. The second kappa shape index (κ2) is 3.67. The summed E-state index contributed by atoms with van der Waals surface area (Å²) in [5.74, 6) is 0.0750. The molecule has 4 heteroatoms. The topological polar surface area (TPSA) is 46.6 Å². The van der Waals surface area contributed by atoms with Crippen molar-refractivity contribution in [3.05, 3.63) is 29.8 Å². The molecule has 3 rings (SSSR count). The van der Waals surface area contributed by atoms with E-state index in [0.717, 1.165) is 12.1 Å². The molecule has 0 N–H and O–H groups in total. The summed E-state index contributed by atoms with van der Waals surface area (Å²) in [6, 6.07) is 7.34. The van der Waals surface area contributed by atoms with Gasteiger partial charge in [-0.3, -0.25) is 9.59 Å². The van der Waals surface area contributed by atoms with Gasteiger partial charge >= 0.3 is 0 Å². The number of hydrogen-bond acceptors (Lipinski definition) is 3. The van der Waals surface area contributed by atoms with Crippen molar-refractivity contribution in [2.45, 2.75) is 25.5 Å². The molecule has 2 aliphatic rings. The van der Waals surface area contributed by atoms with E-state index in [-0.39, 0.29) is 23.8 Å². The number of rotatable bonds is 2. The maximum Gasteiger partial charge on any atom is 0.256 e. The molecule has 2 saturated heterocycles. The summed E-state index contributed by atoms with van der Waals surface area (Å²) in [5.41, 5.74) is 1.53. The van der Waals surface area contributed by atoms with Gasteiger partial charge in [-0.15, -0.1) is 0 Å². The van der Waals surface area contributed by atoms with Crippen molar-refractivity contribution in [2.75, 3.05) is 11.5 Å². The number of fused-ring (bicyclic) bond motifs is 2. The molecule has 0 aromatic heterocycles. The monoisotopic (exact) mass is 231 g/mol. The Labute approximate surface area is 99.2 Å². The van der Waals surface area contributed by atoms with Crippen LogP contribution in [-0.2, 0) is 9.53 Å². The lowest BCUT2D eigenvalue weighted by atomic mass is 10.1. The molecule has 1 amide bonds. The van der Waals surface area contributed by atoms with Crippen molar-refractivity contribution in [3.63, 3.8) is 0 Å². The number of ketones is 1. The second-order valence-electron chi connectivity index (χ2n) is 4.52. The Morgan fingerprint density at radius 3 is 2.59 bits per heavy atom. The van der Waals surface area contributed by atoms with Crippen LogP contribution in [0.1, 0.15) is 23.7 Å². The Balaban J connectivity index is 1.90. The fourth-order valence-electron chi connectivity index (χ4n) is 2.49. The molecular weight excluding hydrogens is 218 g/mol. The van der Waals surface area contributed by atoms with Crippen LogP contribution < -0.4 is 4.90 Å². The van der Waals surface area contributed by atoms with Crippen molar-refractivity contribution in [1.82, 2.24) is 0 Å². The van der Waals surface area contributed by atoms with Crippen LogP contribution in [0.4, 0.5) is 5.69 Å². The number of morpholine rings is 1. The molecule has 1 aromatic carbocycles. The summed E-state index contributed by atoms with van der Waals surface area (Å²) in [6.07, 6.45) is 0.528. The quantitative estimate of drug-likeness (QED) is 0.723. The Kier molecular flexibility index (Phi) is 2.26. The average Bonchev–Trinajstić information content (AvgIpc) is 2.89. The number of hydrogen-bond donors (Lipinski definition) is 0. The lowest BCUT2D eigenvalue weighted by Crippen LogP contribution is -2.41. The average molecular weight is 231 g/mol. The molecule has 0 radical (unpaired) electrons. The van der Waals surface area contributed by atoms with Gasteiger partial charge < -0.3 is 9.64 Å². The second-order valence-corrected chi connectivity index (χ2v) is 4.52. The van der Waals surface area contributed by atoms with E-state index in [0.29, 0.717) is 12.2 Å². The lowest BCUT2D eigenvalue weighted by molar-refractivity contribution is -0.128. The third-order valence-corrected chi connectivity index (χ3v) is 3.41. The first-order chi connectivity index (χ1) is 8.16. The van der Waals surface area contributed by atoms with Crippen LogP contribution in [0, 0.1) is 0 Å². The number of benzene rings is 1. The molecule has 17 heavy (non-hydrogen) atoms. The molecule has 0 saturated carbocycles. The molecule has 0 spiro atoms. The third-order valence-electron chi connectivity index (χ3n) is 3.41. The zero-order valence-corrected chi connectivity index (χ0v) is 9.55. The van der Waals surface area contributed by atoms with Gasteiger partial charge in [-0.25, -0.2) is 0 Å². The first-order valence-electron chi connectivity index (χ1n) is 5.72. The fraction of sp³-hybridized carbons (Fsp3) is 0.385. The summed E-state index contributed by atoms with van der Waals surface area (Å²) in [4.78, 5) is 24.9. The van der Waals surface area contributed by atoms with Gasteiger partial charge in [-0.05, 0) is 31.2 Å². The molecule has 2 unspecified atom stereocenters. The highest BCUT2D eigenvalue weighted by Gasteiger charge is 2.46. The molecule has 2 heterocycles. The van der Waals surface area contributed by atoms with E-state index < -0.39 is 0 Å². The predicted octanol–water partition coefficient (Wildman–Crippen LogP) is 1.39. The van der Waals surface area contributed by atoms with Gasteiger partial charge in [-0.1, -0.05) is 0 Å². The summed E-state index contributed by atoms with van der Waals surface area (Å²) < 4.78 is 5.33. The zero-order valence-electron chi connectivity index (χ0n) is 9.55. The number of amides is 1. The van der Waals surface area contributed by atoms with E-state index in [1.165, 1.54) is 6.92 Å². The van der Waals surface area contributed by atoms with Gasteiger partial charge in [-0.2, -0.15) is 0 Å². The van der Waals surface area contributed by atoms with Gasteiger partial charge in [0.2, 0.25) is 0 Å². The smallest absolute Gasteiger partial charge is 0.256 e. The summed E-state index contributed by atoms with van der Waals surface area (Å²) >= 11 is 0. The largest absolute Gasteiger partial charge is 0.366 e. The Hall–Kier alpha value is -1.68. The summed E-state index contributed by atoms with van der Waals surface area (Å²) in [7, 11) is 0. The van der Waals surface area contributed by atoms with Gasteiger partial charge in [0.25, 0.3) is 5.91 Å². The number of carbonyl (C=O) groups is 2. The van der Waals surface area contributed by atoms with E-state index in [4.69, 9.17) is 4.74 Å². The molecule has 2 fully saturated rings. The van der Waals surface area contributed by atoms with Crippen LogP contribution in [0.2, 0.25) is 0 Å². The molecule has 0 aliphatic carbocycles. The number of Topliss-reactive ketones (excluding diaryl/α,β-unsaturated/α-hetero) is 1.